The number of rotatable bonds is 4. The summed E-state index contributed by atoms with van der Waals surface area (Å²) in [5.41, 5.74) is 2.86. The van der Waals surface area contributed by atoms with Crippen molar-refractivity contribution in [1.29, 1.82) is 0 Å². The van der Waals surface area contributed by atoms with E-state index < -0.39 is 0 Å². The molecule has 6 rings (SSSR count). The number of nitrogens with zero attached hydrogens (tertiary/aromatic N) is 3. The lowest BCUT2D eigenvalue weighted by atomic mass is 9.49. The van der Waals surface area contributed by atoms with Crippen LogP contribution in [0.4, 0.5) is 0 Å². The summed E-state index contributed by atoms with van der Waals surface area (Å²) >= 11 is 0. The Morgan fingerprint density at radius 1 is 1.23 bits per heavy atom. The predicted molar refractivity (Wildman–Crippen MR) is 98.9 cm³/mol. The summed E-state index contributed by atoms with van der Waals surface area (Å²) in [6, 6.07) is 3.99. The Morgan fingerprint density at radius 2 is 1.92 bits per heavy atom. The molecule has 0 radical (unpaired) electrons. The Balaban J connectivity index is 1.33. The van der Waals surface area contributed by atoms with E-state index in [1.807, 2.05) is 25.5 Å². The highest BCUT2D eigenvalue weighted by molar-refractivity contribution is 5.83. The molecule has 0 atom stereocenters. The first kappa shape index (κ1) is 16.0. The minimum Gasteiger partial charge on any atom is -0.351 e. The van der Waals surface area contributed by atoms with Crippen LogP contribution in [0.5, 0.6) is 0 Å². The first-order valence-electron chi connectivity index (χ1n) is 9.82. The van der Waals surface area contributed by atoms with Crippen LogP contribution < -0.4 is 5.32 Å². The third-order valence-electron chi connectivity index (χ3n) is 6.83. The third-order valence-corrected chi connectivity index (χ3v) is 6.83. The molecule has 4 aliphatic rings. The van der Waals surface area contributed by atoms with Crippen LogP contribution in [0, 0.1) is 23.2 Å². The van der Waals surface area contributed by atoms with Gasteiger partial charge in [0, 0.05) is 37.0 Å². The van der Waals surface area contributed by atoms with Gasteiger partial charge >= 0.3 is 0 Å². The fourth-order valence-electron chi connectivity index (χ4n) is 6.14. The second-order valence-corrected chi connectivity index (χ2v) is 8.79. The molecule has 1 amide bonds. The zero-order valence-corrected chi connectivity index (χ0v) is 15.3. The molecule has 4 saturated carbocycles. The molecule has 5 heteroatoms. The molecule has 0 unspecified atom stereocenters. The van der Waals surface area contributed by atoms with E-state index in [4.69, 9.17) is 0 Å². The van der Waals surface area contributed by atoms with Crippen molar-refractivity contribution in [3.05, 3.63) is 36.3 Å². The molecule has 0 saturated heterocycles. The predicted octanol–water partition coefficient (Wildman–Crippen LogP) is 3.31. The van der Waals surface area contributed by atoms with Gasteiger partial charge in [0.05, 0.1) is 11.9 Å². The van der Waals surface area contributed by atoms with Crippen LogP contribution in [0.2, 0.25) is 0 Å². The molecule has 5 nitrogen and oxygen atoms in total. The molecule has 4 bridgehead atoms. The van der Waals surface area contributed by atoms with Crippen molar-refractivity contribution in [1.82, 2.24) is 20.1 Å². The van der Waals surface area contributed by atoms with Crippen LogP contribution in [0.3, 0.4) is 0 Å². The van der Waals surface area contributed by atoms with Crippen LogP contribution in [0.25, 0.3) is 11.3 Å². The topological polar surface area (TPSA) is 59.8 Å². The van der Waals surface area contributed by atoms with Crippen LogP contribution in [0.1, 0.15) is 44.1 Å². The maximum absolute atomic E-state index is 13.2. The van der Waals surface area contributed by atoms with Gasteiger partial charge in [-0.1, -0.05) is 6.07 Å². The average Bonchev–Trinajstić information content (AvgIpc) is 3.05. The van der Waals surface area contributed by atoms with E-state index in [1.165, 1.54) is 19.3 Å². The molecule has 2 aromatic heterocycles. The molecule has 1 N–H and O–H groups in total. The van der Waals surface area contributed by atoms with Crippen LogP contribution >= 0.6 is 0 Å². The summed E-state index contributed by atoms with van der Waals surface area (Å²) in [5.74, 6) is 2.64. The van der Waals surface area contributed by atoms with Gasteiger partial charge in [0.1, 0.15) is 0 Å². The second-order valence-electron chi connectivity index (χ2n) is 8.79. The van der Waals surface area contributed by atoms with E-state index in [9.17, 15) is 4.79 Å². The molecule has 136 valence electrons. The Labute approximate surface area is 154 Å². The number of aromatic nitrogens is 3. The minimum atomic E-state index is -0.0918. The fourth-order valence-corrected chi connectivity index (χ4v) is 6.14. The number of hydrogen-bond acceptors (Lipinski definition) is 3. The summed E-state index contributed by atoms with van der Waals surface area (Å²) in [6.07, 6.45) is 13.0. The Hall–Kier alpha value is -2.17. The van der Waals surface area contributed by atoms with Crippen molar-refractivity contribution < 1.29 is 4.79 Å². The van der Waals surface area contributed by atoms with Gasteiger partial charge in [-0.25, -0.2) is 0 Å². The van der Waals surface area contributed by atoms with Gasteiger partial charge in [-0.05, 0) is 67.9 Å². The monoisotopic (exact) mass is 350 g/mol. The normalized spacial score (nSPS) is 32.0. The Morgan fingerprint density at radius 3 is 2.54 bits per heavy atom. The highest BCUT2D eigenvalue weighted by Crippen LogP contribution is 2.60. The highest BCUT2D eigenvalue weighted by atomic mass is 16.2. The fraction of sp³-hybridized carbons (Fsp3) is 0.571. The molecule has 4 fully saturated rings. The van der Waals surface area contributed by atoms with Crippen molar-refractivity contribution in [2.24, 2.45) is 30.2 Å². The number of amides is 1. The summed E-state index contributed by atoms with van der Waals surface area (Å²) in [4.78, 5) is 17.7. The van der Waals surface area contributed by atoms with E-state index >= 15 is 0 Å². The Kier molecular flexibility index (Phi) is 3.66. The number of pyridine rings is 1. The molecule has 2 heterocycles. The second kappa shape index (κ2) is 5.93. The van der Waals surface area contributed by atoms with Crippen molar-refractivity contribution in [3.8, 4) is 11.3 Å². The van der Waals surface area contributed by atoms with Crippen molar-refractivity contribution in [2.75, 3.05) is 0 Å². The zero-order valence-electron chi connectivity index (χ0n) is 15.3. The molecular formula is C21H26N4O. The average molecular weight is 350 g/mol. The van der Waals surface area contributed by atoms with E-state index in [1.54, 1.807) is 10.9 Å². The summed E-state index contributed by atoms with van der Waals surface area (Å²) < 4.78 is 1.78. The maximum Gasteiger partial charge on any atom is 0.226 e. The number of aryl methyl sites for hydroxylation is 1. The van der Waals surface area contributed by atoms with Gasteiger partial charge in [0.2, 0.25) is 5.91 Å². The quantitative estimate of drug-likeness (QED) is 0.920. The molecule has 0 spiro atoms. The third kappa shape index (κ3) is 2.65. The van der Waals surface area contributed by atoms with E-state index in [0.29, 0.717) is 6.54 Å². The molecule has 0 aliphatic heterocycles. The lowest BCUT2D eigenvalue weighted by Gasteiger charge is -2.55. The Bertz CT molecular complexity index is 805. The first-order chi connectivity index (χ1) is 12.6. The molecule has 26 heavy (non-hydrogen) atoms. The molecular weight excluding hydrogens is 324 g/mol. The number of hydrogen-bond donors (Lipinski definition) is 1. The lowest BCUT2D eigenvalue weighted by Crippen LogP contribution is -2.53. The first-order valence-corrected chi connectivity index (χ1v) is 9.82. The molecule has 4 aliphatic carbocycles. The van der Waals surface area contributed by atoms with E-state index in [0.717, 1.165) is 53.8 Å². The van der Waals surface area contributed by atoms with Crippen LogP contribution in [0.15, 0.2) is 30.7 Å². The van der Waals surface area contributed by atoms with Crippen molar-refractivity contribution in [2.45, 2.75) is 45.1 Å². The van der Waals surface area contributed by atoms with Gasteiger partial charge in [-0.3, -0.25) is 14.5 Å². The summed E-state index contributed by atoms with van der Waals surface area (Å²) in [7, 11) is 1.90. The van der Waals surface area contributed by atoms with Crippen molar-refractivity contribution in [3.63, 3.8) is 0 Å². The minimum absolute atomic E-state index is 0.0918. The van der Waals surface area contributed by atoms with Crippen molar-refractivity contribution >= 4 is 5.91 Å². The summed E-state index contributed by atoms with van der Waals surface area (Å²) in [6.45, 7) is 0.540. The molecule has 0 aromatic carbocycles. The van der Waals surface area contributed by atoms with E-state index in [-0.39, 0.29) is 11.3 Å². The SMILES string of the molecule is Cn1cc(-c2ncccc2CNC(=O)C23CC4CC(CC(C4)C2)C3)cn1. The maximum atomic E-state index is 13.2. The number of carbonyl (C=O) groups excluding carboxylic acids is 1. The molecule has 2 aromatic rings. The number of nitrogens with one attached hydrogen (secondary N) is 1. The smallest absolute Gasteiger partial charge is 0.226 e. The zero-order chi connectivity index (χ0) is 17.7. The van der Waals surface area contributed by atoms with Gasteiger partial charge in [-0.2, -0.15) is 5.10 Å². The standard InChI is InChI=1S/C21H26N4O/c1-25-13-18(12-24-25)19-17(3-2-4-22-19)11-23-20(26)21-8-14-5-15(9-21)7-16(6-14)10-21/h2-4,12-16H,5-11H2,1H3,(H,23,26). The van der Waals surface area contributed by atoms with Gasteiger partial charge in [0.15, 0.2) is 0 Å². The van der Waals surface area contributed by atoms with Gasteiger partial charge < -0.3 is 5.32 Å². The lowest BCUT2D eigenvalue weighted by molar-refractivity contribution is -0.146. The highest BCUT2D eigenvalue weighted by Gasteiger charge is 2.54. The largest absolute Gasteiger partial charge is 0.351 e. The number of carbonyl (C=O) groups is 1. The van der Waals surface area contributed by atoms with Gasteiger partial charge in [0.25, 0.3) is 0 Å². The van der Waals surface area contributed by atoms with Crippen LogP contribution in [-0.2, 0) is 18.4 Å². The summed E-state index contributed by atoms with van der Waals surface area (Å²) in [5, 5.41) is 7.51. The van der Waals surface area contributed by atoms with Crippen LogP contribution in [-0.4, -0.2) is 20.7 Å². The van der Waals surface area contributed by atoms with Gasteiger partial charge in [-0.15, -0.1) is 0 Å². The van der Waals surface area contributed by atoms with E-state index in [2.05, 4.69) is 21.5 Å².